The smallest absolute Gasteiger partial charge is 0.268 e. The molecule has 0 saturated carbocycles. The predicted molar refractivity (Wildman–Crippen MR) is 138 cm³/mol. The van der Waals surface area contributed by atoms with Crippen molar-refractivity contribution in [3.8, 4) is 11.8 Å². The Morgan fingerprint density at radius 1 is 0.897 bits per heavy atom. The van der Waals surface area contributed by atoms with Crippen LogP contribution in [0.2, 0.25) is 0 Å². The standard InChI is InChI=1S/C28H26F2N4O5/c1-17(35)26(28(38)34-39)33-27(37)21-9-4-18(5-10-21)2-3-19-6-11-22(12-7-19)32-25(36)16-31-15-20-8-13-23(29)24(30)14-20/h4-14,17,26,31,35,39H,15-16H2,1H3,(H,32,36)(H,33,37)(H,34,38)/t17-,26+/m1/s1. The third kappa shape index (κ3) is 8.72. The third-order valence-corrected chi connectivity index (χ3v) is 5.43. The molecule has 3 rings (SSSR count). The average Bonchev–Trinajstić information content (AvgIpc) is 2.93. The molecule has 6 N–H and O–H groups in total. The number of carbonyl (C=O) groups is 3. The lowest BCUT2D eigenvalue weighted by molar-refractivity contribution is -0.133. The maximum atomic E-state index is 13.2. The topological polar surface area (TPSA) is 140 Å². The van der Waals surface area contributed by atoms with Crippen LogP contribution in [0.4, 0.5) is 14.5 Å². The molecular weight excluding hydrogens is 510 g/mol. The quantitative estimate of drug-likeness (QED) is 0.141. The lowest BCUT2D eigenvalue weighted by Gasteiger charge is -2.19. The molecule has 3 aromatic rings. The summed E-state index contributed by atoms with van der Waals surface area (Å²) >= 11 is 0. The number of anilines is 1. The molecule has 0 fully saturated rings. The summed E-state index contributed by atoms with van der Waals surface area (Å²) in [6, 6.07) is 15.3. The molecule has 39 heavy (non-hydrogen) atoms. The van der Waals surface area contributed by atoms with Gasteiger partial charge in [-0.2, -0.15) is 0 Å². The molecule has 0 bridgehead atoms. The van der Waals surface area contributed by atoms with Crippen LogP contribution in [-0.2, 0) is 16.1 Å². The number of rotatable bonds is 9. The molecular formula is C28H26F2N4O5. The molecule has 0 aliphatic heterocycles. The Hall–Kier alpha value is -4.63. The van der Waals surface area contributed by atoms with Crippen molar-refractivity contribution >= 4 is 23.4 Å². The highest BCUT2D eigenvalue weighted by atomic mass is 19.2. The SMILES string of the molecule is C[C@@H](O)[C@H](NC(=O)c1ccc(C#Cc2ccc(NC(=O)CNCc3ccc(F)c(F)c3)cc2)cc1)C(=O)NO. The maximum Gasteiger partial charge on any atom is 0.268 e. The maximum absolute atomic E-state index is 13.2. The van der Waals surface area contributed by atoms with Crippen molar-refractivity contribution in [2.24, 2.45) is 0 Å². The van der Waals surface area contributed by atoms with Crippen LogP contribution >= 0.6 is 0 Å². The van der Waals surface area contributed by atoms with E-state index in [1.54, 1.807) is 36.4 Å². The molecule has 0 spiro atoms. The van der Waals surface area contributed by atoms with Gasteiger partial charge in [0.15, 0.2) is 11.6 Å². The summed E-state index contributed by atoms with van der Waals surface area (Å²) in [6.07, 6.45) is -1.22. The number of hydrogen-bond acceptors (Lipinski definition) is 6. The molecule has 3 amide bonds. The van der Waals surface area contributed by atoms with E-state index in [1.165, 1.54) is 30.6 Å². The molecule has 202 valence electrons. The van der Waals surface area contributed by atoms with E-state index in [0.29, 0.717) is 22.4 Å². The molecule has 0 unspecified atom stereocenters. The van der Waals surface area contributed by atoms with E-state index < -0.39 is 35.6 Å². The Kier molecular flexibility index (Phi) is 10.2. The number of aliphatic hydroxyl groups excluding tert-OH is 1. The Labute approximate surface area is 223 Å². The number of hydrogen-bond donors (Lipinski definition) is 6. The van der Waals surface area contributed by atoms with Crippen molar-refractivity contribution in [1.29, 1.82) is 0 Å². The van der Waals surface area contributed by atoms with Crippen molar-refractivity contribution in [3.05, 3.63) is 101 Å². The Balaban J connectivity index is 1.50. The molecule has 2 atom stereocenters. The van der Waals surface area contributed by atoms with E-state index in [4.69, 9.17) is 5.21 Å². The van der Waals surface area contributed by atoms with E-state index in [2.05, 4.69) is 27.8 Å². The molecule has 0 heterocycles. The van der Waals surface area contributed by atoms with E-state index in [0.717, 1.165) is 12.1 Å². The van der Waals surface area contributed by atoms with E-state index in [-0.39, 0.29) is 24.6 Å². The van der Waals surface area contributed by atoms with Gasteiger partial charge in [-0.15, -0.1) is 0 Å². The number of hydroxylamine groups is 1. The zero-order valence-electron chi connectivity index (χ0n) is 20.8. The second-order valence-electron chi connectivity index (χ2n) is 8.47. The lowest BCUT2D eigenvalue weighted by atomic mass is 10.1. The van der Waals surface area contributed by atoms with Crippen LogP contribution in [0, 0.1) is 23.5 Å². The fourth-order valence-corrected chi connectivity index (χ4v) is 3.36. The molecule has 0 saturated heterocycles. The monoisotopic (exact) mass is 536 g/mol. The molecule has 0 aromatic heterocycles. The van der Waals surface area contributed by atoms with Gasteiger partial charge in [-0.05, 0) is 73.2 Å². The predicted octanol–water partition coefficient (Wildman–Crippen LogP) is 2.08. The molecule has 0 aliphatic carbocycles. The highest BCUT2D eigenvalue weighted by Gasteiger charge is 2.25. The van der Waals surface area contributed by atoms with Gasteiger partial charge in [-0.1, -0.05) is 17.9 Å². The van der Waals surface area contributed by atoms with E-state index in [1.807, 2.05) is 0 Å². The highest BCUT2D eigenvalue weighted by Crippen LogP contribution is 2.11. The molecule has 0 radical (unpaired) electrons. The Morgan fingerprint density at radius 2 is 1.51 bits per heavy atom. The first kappa shape index (κ1) is 28.9. The molecule has 3 aromatic carbocycles. The number of carbonyl (C=O) groups excluding carboxylic acids is 3. The van der Waals surface area contributed by atoms with E-state index in [9.17, 15) is 28.3 Å². The van der Waals surface area contributed by atoms with Gasteiger partial charge in [0.1, 0.15) is 6.04 Å². The number of amides is 3. The number of aliphatic hydroxyl groups is 1. The minimum atomic E-state index is -1.32. The Morgan fingerprint density at radius 3 is 2.08 bits per heavy atom. The summed E-state index contributed by atoms with van der Waals surface area (Å²) in [7, 11) is 0. The summed E-state index contributed by atoms with van der Waals surface area (Å²) < 4.78 is 26.2. The van der Waals surface area contributed by atoms with Gasteiger partial charge >= 0.3 is 0 Å². The minimum Gasteiger partial charge on any atom is -0.391 e. The first-order valence-electron chi connectivity index (χ1n) is 11.8. The second kappa shape index (κ2) is 13.8. The number of halogens is 2. The summed E-state index contributed by atoms with van der Waals surface area (Å²) in [4.78, 5) is 36.1. The largest absolute Gasteiger partial charge is 0.391 e. The normalized spacial score (nSPS) is 11.9. The van der Waals surface area contributed by atoms with Crippen LogP contribution in [0.25, 0.3) is 0 Å². The lowest BCUT2D eigenvalue weighted by Crippen LogP contribution is -2.51. The van der Waals surface area contributed by atoms with E-state index >= 15 is 0 Å². The summed E-state index contributed by atoms with van der Waals surface area (Å²) in [5.74, 6) is 2.20. The van der Waals surface area contributed by atoms with Crippen LogP contribution in [0.5, 0.6) is 0 Å². The second-order valence-corrected chi connectivity index (χ2v) is 8.47. The fourth-order valence-electron chi connectivity index (χ4n) is 3.36. The zero-order valence-corrected chi connectivity index (χ0v) is 20.8. The van der Waals surface area contributed by atoms with Crippen LogP contribution < -0.4 is 21.4 Å². The van der Waals surface area contributed by atoms with Gasteiger partial charge in [0.2, 0.25) is 5.91 Å². The first-order valence-corrected chi connectivity index (χ1v) is 11.8. The third-order valence-electron chi connectivity index (χ3n) is 5.43. The van der Waals surface area contributed by atoms with Crippen LogP contribution in [0.3, 0.4) is 0 Å². The minimum absolute atomic E-state index is 0.0249. The van der Waals surface area contributed by atoms with Crippen molar-refractivity contribution < 1.29 is 33.5 Å². The number of nitrogens with one attached hydrogen (secondary N) is 4. The van der Waals surface area contributed by atoms with Crippen molar-refractivity contribution in [1.82, 2.24) is 16.1 Å². The summed E-state index contributed by atoms with van der Waals surface area (Å²) in [6.45, 7) is 1.48. The summed E-state index contributed by atoms with van der Waals surface area (Å²) in [5, 5.41) is 26.3. The number of benzene rings is 3. The fraction of sp³-hybridized carbons (Fsp3) is 0.179. The van der Waals surface area contributed by atoms with Gasteiger partial charge in [-0.25, -0.2) is 14.3 Å². The van der Waals surface area contributed by atoms with Gasteiger partial charge in [-0.3, -0.25) is 19.6 Å². The van der Waals surface area contributed by atoms with Crippen molar-refractivity contribution in [2.75, 3.05) is 11.9 Å². The molecule has 11 heteroatoms. The first-order chi connectivity index (χ1) is 18.7. The summed E-state index contributed by atoms with van der Waals surface area (Å²) in [5.41, 5.74) is 4.00. The van der Waals surface area contributed by atoms with Crippen molar-refractivity contribution in [2.45, 2.75) is 25.6 Å². The van der Waals surface area contributed by atoms with Crippen LogP contribution in [-0.4, -0.2) is 46.7 Å². The van der Waals surface area contributed by atoms with Gasteiger partial charge in [0, 0.05) is 28.9 Å². The van der Waals surface area contributed by atoms with Gasteiger partial charge in [0.25, 0.3) is 11.8 Å². The van der Waals surface area contributed by atoms with Gasteiger partial charge < -0.3 is 21.1 Å². The van der Waals surface area contributed by atoms with Crippen LogP contribution in [0.1, 0.15) is 34.0 Å². The average molecular weight is 537 g/mol. The highest BCUT2D eigenvalue weighted by molar-refractivity contribution is 5.97. The zero-order chi connectivity index (χ0) is 28.4. The van der Waals surface area contributed by atoms with Crippen molar-refractivity contribution in [3.63, 3.8) is 0 Å². The van der Waals surface area contributed by atoms with Crippen LogP contribution in [0.15, 0.2) is 66.7 Å². The van der Waals surface area contributed by atoms with Gasteiger partial charge in [0.05, 0.1) is 12.6 Å². The Bertz CT molecular complexity index is 1380. The molecule has 0 aliphatic rings. The molecule has 9 nitrogen and oxygen atoms in total.